The monoisotopic (exact) mass is 379 g/mol. The standard InChI is InChI=1S/C11H14IN3O2S/c1-3-13-11(18)15-14-10(16)7-4-5-9(17-2)8(12)6-7/h4-6H,3H2,1-2H3,(H,14,16)(H2,13,15,18). The third-order valence-electron chi connectivity index (χ3n) is 2.04. The zero-order valence-corrected chi connectivity index (χ0v) is 13.0. The fraction of sp³-hybridized carbons (Fsp3) is 0.273. The number of carbonyl (C=O) groups excluding carboxylic acids is 1. The quantitative estimate of drug-likeness (QED) is 0.422. The van der Waals surface area contributed by atoms with Gasteiger partial charge in [0.1, 0.15) is 5.75 Å². The molecule has 1 rings (SSSR count). The van der Waals surface area contributed by atoms with Gasteiger partial charge in [0.15, 0.2) is 5.11 Å². The highest BCUT2D eigenvalue weighted by Gasteiger charge is 2.08. The molecule has 0 radical (unpaired) electrons. The molecule has 0 saturated carbocycles. The van der Waals surface area contributed by atoms with E-state index in [4.69, 9.17) is 17.0 Å². The molecule has 5 nitrogen and oxygen atoms in total. The van der Waals surface area contributed by atoms with Gasteiger partial charge in [-0.3, -0.25) is 15.6 Å². The van der Waals surface area contributed by atoms with Gasteiger partial charge in [0.2, 0.25) is 0 Å². The molecule has 0 fully saturated rings. The fourth-order valence-corrected chi connectivity index (χ4v) is 2.13. The average molecular weight is 379 g/mol. The number of thiocarbonyl (C=S) groups is 1. The fourth-order valence-electron chi connectivity index (χ4n) is 1.20. The first kappa shape index (κ1) is 15.0. The molecule has 0 saturated heterocycles. The van der Waals surface area contributed by atoms with E-state index in [-0.39, 0.29) is 5.91 Å². The van der Waals surface area contributed by atoms with Crippen LogP contribution < -0.4 is 20.9 Å². The Labute approximate surface area is 125 Å². The van der Waals surface area contributed by atoms with Gasteiger partial charge in [-0.2, -0.15) is 0 Å². The molecular weight excluding hydrogens is 365 g/mol. The zero-order chi connectivity index (χ0) is 13.5. The second-order valence-corrected chi connectivity index (χ2v) is 4.86. The van der Waals surface area contributed by atoms with E-state index in [1.54, 1.807) is 25.3 Å². The summed E-state index contributed by atoms with van der Waals surface area (Å²) >= 11 is 7.04. The SMILES string of the molecule is CCNC(=S)NNC(=O)c1ccc(OC)c(I)c1. The first-order valence-electron chi connectivity index (χ1n) is 5.26. The molecule has 0 aromatic heterocycles. The molecule has 0 atom stereocenters. The number of halogens is 1. The third kappa shape index (κ3) is 4.30. The van der Waals surface area contributed by atoms with Gasteiger partial charge in [-0.05, 0) is 59.9 Å². The molecule has 3 N–H and O–H groups in total. The Morgan fingerprint density at radius 1 is 1.44 bits per heavy atom. The Morgan fingerprint density at radius 3 is 2.72 bits per heavy atom. The van der Waals surface area contributed by atoms with Crippen molar-refractivity contribution in [1.29, 1.82) is 0 Å². The van der Waals surface area contributed by atoms with Crippen molar-refractivity contribution >= 4 is 45.8 Å². The summed E-state index contributed by atoms with van der Waals surface area (Å²) in [7, 11) is 1.59. The van der Waals surface area contributed by atoms with Crippen molar-refractivity contribution in [1.82, 2.24) is 16.2 Å². The smallest absolute Gasteiger partial charge is 0.269 e. The second-order valence-electron chi connectivity index (χ2n) is 3.29. The minimum absolute atomic E-state index is 0.254. The van der Waals surface area contributed by atoms with E-state index in [1.807, 2.05) is 6.92 Å². The molecule has 0 spiro atoms. The number of nitrogens with one attached hydrogen (secondary N) is 3. The summed E-state index contributed by atoms with van der Waals surface area (Å²) < 4.78 is 6.00. The van der Waals surface area contributed by atoms with Crippen molar-refractivity contribution < 1.29 is 9.53 Å². The lowest BCUT2D eigenvalue weighted by molar-refractivity contribution is 0.0943. The first-order chi connectivity index (χ1) is 8.58. The highest BCUT2D eigenvalue weighted by molar-refractivity contribution is 14.1. The van der Waals surface area contributed by atoms with E-state index in [9.17, 15) is 4.79 Å². The summed E-state index contributed by atoms with van der Waals surface area (Å²) in [6.45, 7) is 2.61. The van der Waals surface area contributed by atoms with Crippen molar-refractivity contribution in [3.8, 4) is 5.75 Å². The molecule has 1 aromatic carbocycles. The molecule has 0 aliphatic rings. The maximum Gasteiger partial charge on any atom is 0.269 e. The Balaban J connectivity index is 2.62. The van der Waals surface area contributed by atoms with E-state index in [0.717, 1.165) is 9.32 Å². The number of amides is 1. The number of ether oxygens (including phenoxy) is 1. The van der Waals surface area contributed by atoms with Gasteiger partial charge in [-0.25, -0.2) is 0 Å². The Kier molecular flexibility index (Phi) is 6.13. The van der Waals surface area contributed by atoms with E-state index in [2.05, 4.69) is 38.8 Å². The van der Waals surface area contributed by atoms with Crippen molar-refractivity contribution in [2.75, 3.05) is 13.7 Å². The molecule has 0 aliphatic heterocycles. The highest BCUT2D eigenvalue weighted by atomic mass is 127. The van der Waals surface area contributed by atoms with E-state index < -0.39 is 0 Å². The first-order valence-corrected chi connectivity index (χ1v) is 6.75. The van der Waals surface area contributed by atoms with Crippen LogP contribution in [0.25, 0.3) is 0 Å². The van der Waals surface area contributed by atoms with Gasteiger partial charge in [-0.1, -0.05) is 0 Å². The summed E-state index contributed by atoms with van der Waals surface area (Å²) in [5.41, 5.74) is 5.66. The average Bonchev–Trinajstić information content (AvgIpc) is 2.36. The van der Waals surface area contributed by atoms with Gasteiger partial charge in [0.25, 0.3) is 5.91 Å². The lowest BCUT2D eigenvalue weighted by Crippen LogP contribution is -2.46. The van der Waals surface area contributed by atoms with Crippen LogP contribution in [0.2, 0.25) is 0 Å². The maximum absolute atomic E-state index is 11.8. The molecular formula is C11H14IN3O2S. The lowest BCUT2D eigenvalue weighted by Gasteiger charge is -2.11. The molecule has 0 bridgehead atoms. The highest BCUT2D eigenvalue weighted by Crippen LogP contribution is 2.21. The predicted molar refractivity (Wildman–Crippen MR) is 82.6 cm³/mol. The van der Waals surface area contributed by atoms with E-state index >= 15 is 0 Å². The Morgan fingerprint density at radius 2 is 2.17 bits per heavy atom. The van der Waals surface area contributed by atoms with Crippen molar-refractivity contribution in [3.63, 3.8) is 0 Å². The summed E-state index contributed by atoms with van der Waals surface area (Å²) in [6.07, 6.45) is 0. The molecule has 0 heterocycles. The van der Waals surface area contributed by atoms with Crippen LogP contribution in [0.5, 0.6) is 5.75 Å². The summed E-state index contributed by atoms with van der Waals surface area (Å²) in [5.74, 6) is 0.485. The van der Waals surface area contributed by atoms with Crippen molar-refractivity contribution in [2.45, 2.75) is 6.92 Å². The molecule has 0 unspecified atom stereocenters. The number of rotatable bonds is 3. The topological polar surface area (TPSA) is 62.4 Å². The van der Waals surface area contributed by atoms with Crippen LogP contribution in [0.1, 0.15) is 17.3 Å². The second kappa shape index (κ2) is 7.37. The van der Waals surface area contributed by atoms with Crippen LogP contribution in [-0.4, -0.2) is 24.7 Å². The van der Waals surface area contributed by atoms with Crippen LogP contribution in [0.3, 0.4) is 0 Å². The lowest BCUT2D eigenvalue weighted by atomic mass is 10.2. The van der Waals surface area contributed by atoms with E-state index in [0.29, 0.717) is 17.2 Å². The number of benzene rings is 1. The van der Waals surface area contributed by atoms with Gasteiger partial charge in [0, 0.05) is 12.1 Å². The van der Waals surface area contributed by atoms with Gasteiger partial charge in [0.05, 0.1) is 10.7 Å². The number of hydrogen-bond donors (Lipinski definition) is 3. The van der Waals surface area contributed by atoms with Crippen LogP contribution in [0.4, 0.5) is 0 Å². The molecule has 98 valence electrons. The zero-order valence-electron chi connectivity index (χ0n) is 10.0. The Bertz CT molecular complexity index is 454. The minimum atomic E-state index is -0.254. The predicted octanol–water partition coefficient (Wildman–Crippen LogP) is 1.43. The van der Waals surface area contributed by atoms with Gasteiger partial charge < -0.3 is 10.1 Å². The summed E-state index contributed by atoms with van der Waals surface area (Å²) in [4.78, 5) is 11.8. The minimum Gasteiger partial charge on any atom is -0.496 e. The van der Waals surface area contributed by atoms with Gasteiger partial charge >= 0.3 is 0 Å². The molecule has 18 heavy (non-hydrogen) atoms. The molecule has 1 amide bonds. The largest absolute Gasteiger partial charge is 0.496 e. The molecule has 0 aliphatic carbocycles. The number of methoxy groups -OCH3 is 1. The van der Waals surface area contributed by atoms with E-state index in [1.165, 1.54) is 0 Å². The third-order valence-corrected chi connectivity index (χ3v) is 3.13. The maximum atomic E-state index is 11.8. The molecule has 7 heteroatoms. The summed E-state index contributed by atoms with van der Waals surface area (Å²) in [5, 5.41) is 3.25. The summed E-state index contributed by atoms with van der Waals surface area (Å²) in [6, 6.07) is 5.18. The number of hydrazine groups is 1. The van der Waals surface area contributed by atoms with Crippen LogP contribution >= 0.6 is 34.8 Å². The number of hydrogen-bond acceptors (Lipinski definition) is 3. The normalized spacial score (nSPS) is 9.50. The Hall–Kier alpha value is -1.09. The van der Waals surface area contributed by atoms with Gasteiger partial charge in [-0.15, -0.1) is 0 Å². The van der Waals surface area contributed by atoms with Crippen LogP contribution in [-0.2, 0) is 0 Å². The van der Waals surface area contributed by atoms with Crippen LogP contribution in [0, 0.1) is 3.57 Å². The van der Waals surface area contributed by atoms with Crippen LogP contribution in [0.15, 0.2) is 18.2 Å². The van der Waals surface area contributed by atoms with Crippen molar-refractivity contribution in [2.24, 2.45) is 0 Å². The number of carbonyl (C=O) groups is 1. The molecule has 1 aromatic rings. The van der Waals surface area contributed by atoms with Crippen molar-refractivity contribution in [3.05, 3.63) is 27.3 Å².